The van der Waals surface area contributed by atoms with Crippen LogP contribution in [0.15, 0.2) is 12.3 Å². The summed E-state index contributed by atoms with van der Waals surface area (Å²) in [5.74, 6) is 0. The molecule has 0 bridgehead atoms. The number of hydrogen-bond acceptors (Lipinski definition) is 5. The quantitative estimate of drug-likeness (QED) is 0.190. The SMILES string of the molecule is CCCCCCCCCCCC=CNCCNCCNCCNCCN. The molecule has 0 aromatic carbocycles. The number of rotatable bonds is 22. The van der Waals surface area contributed by atoms with Crippen molar-refractivity contribution in [3.05, 3.63) is 12.3 Å². The lowest BCUT2D eigenvalue weighted by atomic mass is 10.1. The number of nitrogens with one attached hydrogen (secondary N) is 4. The summed E-state index contributed by atoms with van der Waals surface area (Å²) >= 11 is 0. The first-order valence-corrected chi connectivity index (χ1v) is 11.1. The van der Waals surface area contributed by atoms with Gasteiger partial charge in [-0.25, -0.2) is 0 Å². The van der Waals surface area contributed by atoms with E-state index >= 15 is 0 Å². The molecule has 5 heteroatoms. The molecule has 0 aliphatic rings. The molecular formula is C21H47N5. The zero-order valence-corrected chi connectivity index (χ0v) is 17.5. The number of hydrogen-bond donors (Lipinski definition) is 5. The van der Waals surface area contributed by atoms with E-state index in [2.05, 4.69) is 40.5 Å². The second-order valence-corrected chi connectivity index (χ2v) is 7.01. The maximum atomic E-state index is 5.41. The van der Waals surface area contributed by atoms with Gasteiger partial charge >= 0.3 is 0 Å². The van der Waals surface area contributed by atoms with E-state index in [-0.39, 0.29) is 0 Å². The number of allylic oxidation sites excluding steroid dienone is 1. The average Bonchev–Trinajstić information content (AvgIpc) is 2.66. The van der Waals surface area contributed by atoms with Crippen LogP contribution in [0.1, 0.15) is 71.1 Å². The summed E-state index contributed by atoms with van der Waals surface area (Å²) in [4.78, 5) is 0. The molecule has 0 aromatic rings. The van der Waals surface area contributed by atoms with E-state index in [4.69, 9.17) is 5.73 Å². The third-order valence-corrected chi connectivity index (χ3v) is 4.43. The molecule has 0 radical (unpaired) electrons. The van der Waals surface area contributed by atoms with Crippen LogP contribution in [0.2, 0.25) is 0 Å². The summed E-state index contributed by atoms with van der Waals surface area (Å²) in [6, 6.07) is 0. The molecule has 0 amide bonds. The summed E-state index contributed by atoms with van der Waals surface area (Å²) in [5.41, 5.74) is 5.41. The summed E-state index contributed by atoms with van der Waals surface area (Å²) in [7, 11) is 0. The molecule has 0 aromatic heterocycles. The Bertz CT molecular complexity index is 271. The summed E-state index contributed by atoms with van der Waals surface area (Å²) in [5, 5.41) is 13.5. The van der Waals surface area contributed by atoms with Gasteiger partial charge in [0.25, 0.3) is 0 Å². The minimum absolute atomic E-state index is 0.711. The van der Waals surface area contributed by atoms with Crippen molar-refractivity contribution in [1.82, 2.24) is 21.3 Å². The predicted octanol–water partition coefficient (Wildman–Crippen LogP) is 2.74. The van der Waals surface area contributed by atoms with Gasteiger partial charge in [0, 0.05) is 52.4 Å². The van der Waals surface area contributed by atoms with Crippen LogP contribution in [0.5, 0.6) is 0 Å². The molecule has 0 spiro atoms. The van der Waals surface area contributed by atoms with Crippen molar-refractivity contribution in [2.45, 2.75) is 71.1 Å². The Morgan fingerprint density at radius 2 is 1.12 bits per heavy atom. The fourth-order valence-corrected chi connectivity index (χ4v) is 2.81. The molecule has 0 atom stereocenters. The lowest BCUT2D eigenvalue weighted by Crippen LogP contribution is -2.35. The van der Waals surface area contributed by atoms with E-state index in [1.165, 1.54) is 64.2 Å². The van der Waals surface area contributed by atoms with Gasteiger partial charge in [-0.3, -0.25) is 0 Å². The highest BCUT2D eigenvalue weighted by molar-refractivity contribution is 4.79. The van der Waals surface area contributed by atoms with Gasteiger partial charge in [0.05, 0.1) is 0 Å². The predicted molar refractivity (Wildman–Crippen MR) is 117 cm³/mol. The standard InChI is InChI=1S/C21H47N5/c1-2-3-4-5-6-7-8-9-10-11-12-14-23-16-18-25-20-21-26-19-17-24-15-13-22/h12,14,23-26H,2-11,13,15-22H2,1H3. The Morgan fingerprint density at radius 3 is 1.69 bits per heavy atom. The van der Waals surface area contributed by atoms with Crippen molar-refractivity contribution in [3.63, 3.8) is 0 Å². The van der Waals surface area contributed by atoms with Crippen LogP contribution in [0.3, 0.4) is 0 Å². The van der Waals surface area contributed by atoms with Gasteiger partial charge in [-0.15, -0.1) is 0 Å². The van der Waals surface area contributed by atoms with Crippen LogP contribution >= 0.6 is 0 Å². The highest BCUT2D eigenvalue weighted by Crippen LogP contribution is 2.10. The minimum atomic E-state index is 0.711. The molecule has 156 valence electrons. The summed E-state index contributed by atoms with van der Waals surface area (Å²) in [6.45, 7) is 9.91. The minimum Gasteiger partial charge on any atom is -0.390 e. The molecular weight excluding hydrogens is 322 g/mol. The Balaban J connectivity index is 3.04. The van der Waals surface area contributed by atoms with E-state index in [0.717, 1.165) is 45.8 Å². The van der Waals surface area contributed by atoms with Crippen molar-refractivity contribution in [3.8, 4) is 0 Å². The summed E-state index contributed by atoms with van der Waals surface area (Å²) in [6.07, 6.45) is 18.2. The maximum absolute atomic E-state index is 5.41. The van der Waals surface area contributed by atoms with Crippen molar-refractivity contribution in [1.29, 1.82) is 0 Å². The Hall–Kier alpha value is -0.620. The molecule has 0 aliphatic carbocycles. The second kappa shape index (κ2) is 24.4. The van der Waals surface area contributed by atoms with Gasteiger partial charge in [0.15, 0.2) is 0 Å². The van der Waals surface area contributed by atoms with Gasteiger partial charge in [0.1, 0.15) is 0 Å². The molecule has 0 saturated heterocycles. The van der Waals surface area contributed by atoms with Gasteiger partial charge < -0.3 is 27.0 Å². The lowest BCUT2D eigenvalue weighted by Gasteiger charge is -2.07. The van der Waals surface area contributed by atoms with Crippen LogP contribution in [0, 0.1) is 0 Å². The Morgan fingerprint density at radius 1 is 0.615 bits per heavy atom. The van der Waals surface area contributed by atoms with Gasteiger partial charge in [0.2, 0.25) is 0 Å². The number of nitrogens with two attached hydrogens (primary N) is 1. The molecule has 0 fully saturated rings. The topological polar surface area (TPSA) is 74.1 Å². The van der Waals surface area contributed by atoms with Gasteiger partial charge in [-0.05, 0) is 19.0 Å². The fraction of sp³-hybridized carbons (Fsp3) is 0.905. The highest BCUT2D eigenvalue weighted by Gasteiger charge is 1.91. The third-order valence-electron chi connectivity index (χ3n) is 4.43. The molecule has 0 saturated carbocycles. The Kier molecular flexibility index (Phi) is 23.8. The lowest BCUT2D eigenvalue weighted by molar-refractivity contribution is 0.566. The molecule has 26 heavy (non-hydrogen) atoms. The van der Waals surface area contributed by atoms with E-state index in [9.17, 15) is 0 Å². The normalized spacial score (nSPS) is 11.5. The van der Waals surface area contributed by atoms with E-state index in [1.807, 2.05) is 0 Å². The molecule has 5 nitrogen and oxygen atoms in total. The zero-order chi connectivity index (χ0) is 19.0. The van der Waals surface area contributed by atoms with E-state index in [0.29, 0.717) is 6.54 Å². The van der Waals surface area contributed by atoms with Crippen molar-refractivity contribution in [2.75, 3.05) is 52.4 Å². The molecule has 6 N–H and O–H groups in total. The van der Waals surface area contributed by atoms with Gasteiger partial charge in [-0.1, -0.05) is 64.4 Å². The molecule has 0 heterocycles. The average molecular weight is 370 g/mol. The first kappa shape index (κ1) is 25.4. The van der Waals surface area contributed by atoms with E-state index < -0.39 is 0 Å². The third kappa shape index (κ3) is 23.4. The fourth-order valence-electron chi connectivity index (χ4n) is 2.81. The molecule has 0 aliphatic heterocycles. The van der Waals surface area contributed by atoms with Crippen LogP contribution < -0.4 is 27.0 Å². The zero-order valence-electron chi connectivity index (χ0n) is 17.5. The number of unbranched alkanes of at least 4 members (excludes halogenated alkanes) is 9. The van der Waals surface area contributed by atoms with Crippen molar-refractivity contribution < 1.29 is 0 Å². The van der Waals surface area contributed by atoms with E-state index in [1.54, 1.807) is 0 Å². The van der Waals surface area contributed by atoms with Crippen LogP contribution in [0.25, 0.3) is 0 Å². The van der Waals surface area contributed by atoms with Crippen LogP contribution in [0.4, 0.5) is 0 Å². The monoisotopic (exact) mass is 369 g/mol. The second-order valence-electron chi connectivity index (χ2n) is 7.01. The Labute approximate surface area is 163 Å². The largest absolute Gasteiger partial charge is 0.390 e. The first-order chi connectivity index (χ1) is 12.9. The van der Waals surface area contributed by atoms with Crippen molar-refractivity contribution >= 4 is 0 Å². The maximum Gasteiger partial charge on any atom is 0.0266 e. The molecule has 0 unspecified atom stereocenters. The first-order valence-electron chi connectivity index (χ1n) is 11.1. The molecule has 0 rings (SSSR count). The van der Waals surface area contributed by atoms with Crippen molar-refractivity contribution in [2.24, 2.45) is 5.73 Å². The van der Waals surface area contributed by atoms with Gasteiger partial charge in [-0.2, -0.15) is 0 Å². The smallest absolute Gasteiger partial charge is 0.0266 e. The van der Waals surface area contributed by atoms with Crippen LogP contribution in [-0.2, 0) is 0 Å². The highest BCUT2D eigenvalue weighted by atomic mass is 15.0. The summed E-state index contributed by atoms with van der Waals surface area (Å²) < 4.78 is 0. The van der Waals surface area contributed by atoms with Crippen LogP contribution in [-0.4, -0.2) is 52.4 Å².